The lowest BCUT2D eigenvalue weighted by Crippen LogP contribution is -2.60. The molecule has 7 nitrogen and oxygen atoms in total. The van der Waals surface area contributed by atoms with Gasteiger partial charge in [-0.3, -0.25) is 14.3 Å². The van der Waals surface area contributed by atoms with Gasteiger partial charge in [-0.15, -0.1) is 0 Å². The number of aldehydes is 1. The molecule has 1 saturated carbocycles. The second kappa shape index (κ2) is 11.8. The standard InChI is InChI=1S/C17H26N4O2.C8H10ClN/c1-17(11-18-13-7-5-3-4-6-8-13)12-21-15(16(23)20(17)2)9-14(10-22)19-21;1-10-6-7-4-2-3-5-8(7)9/h9-10,13,18H,3-8,11-12H2,1-2H3;2-5,10H,6H2,1H3. The van der Waals surface area contributed by atoms with E-state index in [-0.39, 0.29) is 11.4 Å². The van der Waals surface area contributed by atoms with Crippen molar-refractivity contribution >= 4 is 23.8 Å². The number of aromatic nitrogens is 2. The van der Waals surface area contributed by atoms with Gasteiger partial charge in [0.25, 0.3) is 5.91 Å². The molecule has 4 rings (SSSR count). The van der Waals surface area contributed by atoms with Gasteiger partial charge >= 0.3 is 0 Å². The smallest absolute Gasteiger partial charge is 0.272 e. The van der Waals surface area contributed by atoms with Crippen LogP contribution < -0.4 is 10.6 Å². The first-order chi connectivity index (χ1) is 15.9. The summed E-state index contributed by atoms with van der Waals surface area (Å²) in [6.07, 6.45) is 8.37. The van der Waals surface area contributed by atoms with Gasteiger partial charge in [-0.2, -0.15) is 5.10 Å². The fraction of sp³-hybridized carbons (Fsp3) is 0.560. The molecule has 1 aliphatic carbocycles. The number of benzene rings is 1. The van der Waals surface area contributed by atoms with Crippen molar-refractivity contribution < 1.29 is 9.59 Å². The van der Waals surface area contributed by atoms with Gasteiger partial charge in [0.2, 0.25) is 0 Å². The van der Waals surface area contributed by atoms with E-state index in [1.54, 1.807) is 15.6 Å². The maximum atomic E-state index is 12.6. The molecule has 1 aromatic heterocycles. The van der Waals surface area contributed by atoms with Crippen LogP contribution in [-0.4, -0.2) is 59.1 Å². The molecule has 2 aromatic rings. The average molecular weight is 474 g/mol. The zero-order chi connectivity index (χ0) is 23.8. The minimum atomic E-state index is -0.331. The van der Waals surface area contributed by atoms with Gasteiger partial charge in [-0.1, -0.05) is 55.5 Å². The van der Waals surface area contributed by atoms with E-state index in [1.807, 2.05) is 38.4 Å². The summed E-state index contributed by atoms with van der Waals surface area (Å²) >= 11 is 5.86. The fourth-order valence-corrected chi connectivity index (χ4v) is 4.69. The molecule has 8 heteroatoms. The highest BCUT2D eigenvalue weighted by Gasteiger charge is 2.40. The van der Waals surface area contributed by atoms with E-state index in [0.29, 0.717) is 30.3 Å². The van der Waals surface area contributed by atoms with Crippen molar-refractivity contribution in [2.24, 2.45) is 0 Å². The Bertz CT molecular complexity index is 939. The highest BCUT2D eigenvalue weighted by molar-refractivity contribution is 6.31. The summed E-state index contributed by atoms with van der Waals surface area (Å²) in [4.78, 5) is 25.3. The number of rotatable bonds is 6. The molecule has 0 saturated heterocycles. The fourth-order valence-electron chi connectivity index (χ4n) is 4.49. The molecule has 1 unspecified atom stereocenters. The summed E-state index contributed by atoms with van der Waals surface area (Å²) in [6, 6.07) is 9.94. The van der Waals surface area contributed by atoms with Gasteiger partial charge in [0.05, 0.1) is 12.1 Å². The molecule has 1 amide bonds. The molecular weight excluding hydrogens is 438 g/mol. The minimum absolute atomic E-state index is 0.0676. The summed E-state index contributed by atoms with van der Waals surface area (Å²) in [6.45, 7) is 4.27. The summed E-state index contributed by atoms with van der Waals surface area (Å²) in [5, 5.41) is 11.8. The number of hydrogen-bond donors (Lipinski definition) is 2. The van der Waals surface area contributed by atoms with Gasteiger partial charge in [-0.25, -0.2) is 0 Å². The summed E-state index contributed by atoms with van der Waals surface area (Å²) in [5.41, 5.74) is 1.64. The lowest BCUT2D eigenvalue weighted by molar-refractivity contribution is 0.0433. The molecule has 0 radical (unpaired) electrons. The van der Waals surface area contributed by atoms with Crippen LogP contribution in [0.2, 0.25) is 5.02 Å². The number of likely N-dealkylation sites (N-methyl/N-ethyl adjacent to an activating group) is 1. The lowest BCUT2D eigenvalue weighted by atomic mass is 9.96. The van der Waals surface area contributed by atoms with E-state index in [2.05, 4.69) is 22.7 Å². The normalized spacial score (nSPS) is 21.1. The Morgan fingerprint density at radius 2 is 1.91 bits per heavy atom. The van der Waals surface area contributed by atoms with Crippen molar-refractivity contribution in [1.29, 1.82) is 0 Å². The molecular formula is C25H36ClN5O2. The Morgan fingerprint density at radius 3 is 2.55 bits per heavy atom. The summed E-state index contributed by atoms with van der Waals surface area (Å²) in [5.74, 6) is -0.0676. The molecule has 1 fully saturated rings. The quantitative estimate of drug-likeness (QED) is 0.491. The molecule has 1 aliphatic heterocycles. The number of nitrogens with one attached hydrogen (secondary N) is 2. The number of carbonyl (C=O) groups excluding carboxylic acids is 2. The van der Waals surface area contributed by atoms with Crippen LogP contribution in [0.15, 0.2) is 30.3 Å². The van der Waals surface area contributed by atoms with E-state index in [0.717, 1.165) is 23.7 Å². The first kappa shape index (κ1) is 25.4. The van der Waals surface area contributed by atoms with Crippen LogP contribution in [0.5, 0.6) is 0 Å². The third-order valence-corrected chi connectivity index (χ3v) is 7.06. The van der Waals surface area contributed by atoms with Crippen molar-refractivity contribution in [3.05, 3.63) is 52.3 Å². The topological polar surface area (TPSA) is 79.3 Å². The highest BCUT2D eigenvalue weighted by atomic mass is 35.5. The number of halogens is 1. The van der Waals surface area contributed by atoms with E-state index in [1.165, 1.54) is 38.5 Å². The van der Waals surface area contributed by atoms with E-state index < -0.39 is 0 Å². The Kier molecular flexibility index (Phi) is 9.06. The third kappa shape index (κ3) is 6.43. The van der Waals surface area contributed by atoms with Crippen LogP contribution in [0.1, 0.15) is 72.0 Å². The Hall–Kier alpha value is -2.22. The minimum Gasteiger partial charge on any atom is -0.332 e. The van der Waals surface area contributed by atoms with Crippen molar-refractivity contribution in [3.8, 4) is 0 Å². The first-order valence-electron chi connectivity index (χ1n) is 11.8. The molecule has 180 valence electrons. The van der Waals surface area contributed by atoms with Crippen LogP contribution in [0, 0.1) is 0 Å². The molecule has 0 bridgehead atoms. The monoisotopic (exact) mass is 473 g/mol. The predicted molar refractivity (Wildman–Crippen MR) is 132 cm³/mol. The number of amides is 1. The third-order valence-electron chi connectivity index (χ3n) is 6.70. The molecule has 1 atom stereocenters. The molecule has 2 N–H and O–H groups in total. The van der Waals surface area contributed by atoms with E-state index in [4.69, 9.17) is 11.6 Å². The second-order valence-electron chi connectivity index (χ2n) is 9.28. The van der Waals surface area contributed by atoms with Crippen LogP contribution in [0.3, 0.4) is 0 Å². The van der Waals surface area contributed by atoms with Crippen molar-refractivity contribution in [1.82, 2.24) is 25.3 Å². The van der Waals surface area contributed by atoms with Gasteiger partial charge in [-0.05, 0) is 44.5 Å². The van der Waals surface area contributed by atoms with Gasteiger partial charge in [0, 0.05) is 31.2 Å². The number of fused-ring (bicyclic) bond motifs is 1. The van der Waals surface area contributed by atoms with Crippen molar-refractivity contribution in [3.63, 3.8) is 0 Å². The first-order valence-corrected chi connectivity index (χ1v) is 12.2. The lowest BCUT2D eigenvalue weighted by Gasteiger charge is -2.43. The van der Waals surface area contributed by atoms with Crippen LogP contribution >= 0.6 is 11.6 Å². The van der Waals surface area contributed by atoms with Gasteiger partial charge < -0.3 is 15.5 Å². The second-order valence-corrected chi connectivity index (χ2v) is 9.69. The van der Waals surface area contributed by atoms with Crippen molar-refractivity contribution in [2.75, 3.05) is 20.6 Å². The Labute approximate surface area is 201 Å². The summed E-state index contributed by atoms with van der Waals surface area (Å²) < 4.78 is 1.68. The van der Waals surface area contributed by atoms with E-state index >= 15 is 0 Å². The number of nitrogens with zero attached hydrogens (tertiary/aromatic N) is 3. The zero-order valence-electron chi connectivity index (χ0n) is 19.9. The van der Waals surface area contributed by atoms with Crippen molar-refractivity contribution in [2.45, 2.75) is 70.1 Å². The Morgan fingerprint density at radius 1 is 1.21 bits per heavy atom. The zero-order valence-corrected chi connectivity index (χ0v) is 20.7. The number of hydrogen-bond acceptors (Lipinski definition) is 5. The Balaban J connectivity index is 0.000000257. The van der Waals surface area contributed by atoms with Crippen LogP contribution in [0.4, 0.5) is 0 Å². The number of carbonyl (C=O) groups is 2. The maximum absolute atomic E-state index is 12.6. The molecule has 33 heavy (non-hydrogen) atoms. The molecule has 2 aliphatic rings. The molecule has 0 spiro atoms. The highest BCUT2D eigenvalue weighted by Crippen LogP contribution is 2.26. The molecule has 2 heterocycles. The summed E-state index contributed by atoms with van der Waals surface area (Å²) in [7, 11) is 3.75. The SMILES string of the molecule is CN1C(=O)c2cc(C=O)nn2CC1(C)CNC1CCCCCC1.CNCc1ccccc1Cl. The molecule has 1 aromatic carbocycles. The van der Waals surface area contributed by atoms with Crippen LogP contribution in [-0.2, 0) is 13.1 Å². The predicted octanol–water partition coefficient (Wildman–Crippen LogP) is 3.91. The average Bonchev–Trinajstić information content (AvgIpc) is 3.04. The van der Waals surface area contributed by atoms with Crippen LogP contribution in [0.25, 0.3) is 0 Å². The van der Waals surface area contributed by atoms with Gasteiger partial charge in [0.1, 0.15) is 11.4 Å². The van der Waals surface area contributed by atoms with Gasteiger partial charge in [0.15, 0.2) is 6.29 Å². The maximum Gasteiger partial charge on any atom is 0.272 e. The largest absolute Gasteiger partial charge is 0.332 e. The van der Waals surface area contributed by atoms with E-state index in [9.17, 15) is 9.59 Å².